The van der Waals surface area contributed by atoms with Crippen LogP contribution >= 0.6 is 15.9 Å². The minimum absolute atomic E-state index is 0.208. The molecular weight excluding hydrogens is 398 g/mol. The van der Waals surface area contributed by atoms with Crippen LogP contribution in [0.2, 0.25) is 0 Å². The second kappa shape index (κ2) is 8.10. The van der Waals surface area contributed by atoms with Gasteiger partial charge in [0.1, 0.15) is 23.9 Å². The number of amides is 1. The number of para-hydroxylation sites is 1. The zero-order valence-electron chi connectivity index (χ0n) is 14.4. The molecule has 1 aromatic heterocycles. The molecule has 1 N–H and O–H groups in total. The van der Waals surface area contributed by atoms with Crippen molar-refractivity contribution < 1.29 is 18.7 Å². The average Bonchev–Trinajstić information content (AvgIpc) is 3.10. The number of aryl methyl sites for hydroxylation is 1. The van der Waals surface area contributed by atoms with Gasteiger partial charge in [0.25, 0.3) is 5.91 Å². The van der Waals surface area contributed by atoms with Crippen molar-refractivity contribution in [2.45, 2.75) is 13.5 Å². The van der Waals surface area contributed by atoms with E-state index >= 15 is 0 Å². The standard InChI is InChI=1S/C20H18BrNO4/c1-13-7-9-18(24-2)16(11-13)22-20(23)19-10-8-14(26-19)12-25-17-6-4-3-5-15(17)21/h3-11H,12H2,1-2H3,(H,22,23). The second-order valence-electron chi connectivity index (χ2n) is 5.64. The maximum Gasteiger partial charge on any atom is 0.291 e. The maximum absolute atomic E-state index is 12.4. The Morgan fingerprint density at radius 1 is 1.12 bits per heavy atom. The van der Waals surface area contributed by atoms with E-state index in [0.717, 1.165) is 10.0 Å². The van der Waals surface area contributed by atoms with E-state index in [-0.39, 0.29) is 18.3 Å². The molecule has 3 rings (SSSR count). The van der Waals surface area contributed by atoms with Crippen LogP contribution in [0.3, 0.4) is 0 Å². The van der Waals surface area contributed by atoms with Gasteiger partial charge in [-0.3, -0.25) is 4.79 Å². The first-order chi connectivity index (χ1) is 12.6. The Morgan fingerprint density at radius 3 is 2.69 bits per heavy atom. The van der Waals surface area contributed by atoms with E-state index in [1.54, 1.807) is 19.2 Å². The number of furan rings is 1. The molecule has 6 heteroatoms. The van der Waals surface area contributed by atoms with Crippen LogP contribution in [0.4, 0.5) is 5.69 Å². The highest BCUT2D eigenvalue weighted by Gasteiger charge is 2.14. The fraction of sp³-hybridized carbons (Fsp3) is 0.150. The number of rotatable bonds is 6. The van der Waals surface area contributed by atoms with Crippen LogP contribution in [0, 0.1) is 6.92 Å². The highest BCUT2D eigenvalue weighted by Crippen LogP contribution is 2.27. The molecule has 0 unspecified atom stereocenters. The zero-order valence-corrected chi connectivity index (χ0v) is 16.0. The van der Waals surface area contributed by atoms with Crippen LogP contribution in [-0.4, -0.2) is 13.0 Å². The highest BCUT2D eigenvalue weighted by molar-refractivity contribution is 9.10. The molecule has 0 aliphatic rings. The molecule has 0 atom stereocenters. The number of benzene rings is 2. The normalized spacial score (nSPS) is 10.4. The Bertz CT molecular complexity index is 920. The third-order valence-corrected chi connectivity index (χ3v) is 4.35. The summed E-state index contributed by atoms with van der Waals surface area (Å²) in [6.07, 6.45) is 0. The third-order valence-electron chi connectivity index (χ3n) is 3.70. The SMILES string of the molecule is COc1ccc(C)cc1NC(=O)c1ccc(COc2ccccc2Br)o1. The fourth-order valence-electron chi connectivity index (χ4n) is 2.39. The summed E-state index contributed by atoms with van der Waals surface area (Å²) in [5.41, 5.74) is 1.61. The van der Waals surface area contributed by atoms with Crippen molar-refractivity contribution in [2.24, 2.45) is 0 Å². The summed E-state index contributed by atoms with van der Waals surface area (Å²) in [6.45, 7) is 2.17. The van der Waals surface area contributed by atoms with E-state index in [1.165, 1.54) is 0 Å². The van der Waals surface area contributed by atoms with Crippen molar-refractivity contribution >= 4 is 27.5 Å². The summed E-state index contributed by atoms with van der Waals surface area (Å²) in [4.78, 5) is 12.4. The minimum atomic E-state index is -0.346. The highest BCUT2D eigenvalue weighted by atomic mass is 79.9. The topological polar surface area (TPSA) is 60.7 Å². The Labute approximate surface area is 160 Å². The summed E-state index contributed by atoms with van der Waals surface area (Å²) in [5.74, 6) is 1.72. The Kier molecular flexibility index (Phi) is 5.63. The molecule has 5 nitrogen and oxygen atoms in total. The van der Waals surface area contributed by atoms with Gasteiger partial charge in [0.05, 0.1) is 17.3 Å². The van der Waals surface area contributed by atoms with Crippen molar-refractivity contribution in [3.8, 4) is 11.5 Å². The summed E-state index contributed by atoms with van der Waals surface area (Å²) in [5, 5.41) is 2.81. The molecule has 134 valence electrons. The van der Waals surface area contributed by atoms with E-state index in [9.17, 15) is 4.79 Å². The molecule has 0 aliphatic heterocycles. The predicted molar refractivity (Wildman–Crippen MR) is 103 cm³/mol. The minimum Gasteiger partial charge on any atom is -0.495 e. The number of methoxy groups -OCH3 is 1. The molecule has 3 aromatic rings. The van der Waals surface area contributed by atoms with Gasteiger partial charge in [-0.15, -0.1) is 0 Å². The summed E-state index contributed by atoms with van der Waals surface area (Å²) in [7, 11) is 1.56. The van der Waals surface area contributed by atoms with Gasteiger partial charge in [0.15, 0.2) is 5.76 Å². The van der Waals surface area contributed by atoms with E-state index in [4.69, 9.17) is 13.9 Å². The smallest absolute Gasteiger partial charge is 0.291 e. The zero-order chi connectivity index (χ0) is 18.5. The van der Waals surface area contributed by atoms with Crippen LogP contribution < -0.4 is 14.8 Å². The van der Waals surface area contributed by atoms with E-state index in [0.29, 0.717) is 22.9 Å². The van der Waals surface area contributed by atoms with Gasteiger partial charge in [-0.2, -0.15) is 0 Å². The van der Waals surface area contributed by atoms with Gasteiger partial charge < -0.3 is 19.2 Å². The third kappa shape index (κ3) is 4.26. The Morgan fingerprint density at radius 2 is 1.92 bits per heavy atom. The van der Waals surface area contributed by atoms with Gasteiger partial charge in [-0.05, 0) is 64.8 Å². The largest absolute Gasteiger partial charge is 0.495 e. The molecule has 0 saturated carbocycles. The summed E-state index contributed by atoms with van der Waals surface area (Å²) < 4.78 is 17.4. The van der Waals surface area contributed by atoms with Crippen LogP contribution in [0.1, 0.15) is 21.9 Å². The average molecular weight is 416 g/mol. The van der Waals surface area contributed by atoms with Gasteiger partial charge in [-0.1, -0.05) is 18.2 Å². The fourth-order valence-corrected chi connectivity index (χ4v) is 2.79. The van der Waals surface area contributed by atoms with Gasteiger partial charge in [0.2, 0.25) is 0 Å². The lowest BCUT2D eigenvalue weighted by Gasteiger charge is -2.10. The predicted octanol–water partition coefficient (Wildman–Crippen LogP) is 5.19. The van der Waals surface area contributed by atoms with E-state index in [1.807, 2.05) is 49.4 Å². The molecular formula is C20H18BrNO4. The molecule has 0 spiro atoms. The monoisotopic (exact) mass is 415 g/mol. The maximum atomic E-state index is 12.4. The molecule has 1 heterocycles. The van der Waals surface area contributed by atoms with Crippen molar-refractivity contribution in [2.75, 3.05) is 12.4 Å². The number of hydrogen-bond acceptors (Lipinski definition) is 4. The van der Waals surface area contributed by atoms with Crippen LogP contribution in [-0.2, 0) is 6.61 Å². The van der Waals surface area contributed by atoms with Gasteiger partial charge >= 0.3 is 0 Å². The number of ether oxygens (including phenoxy) is 2. The molecule has 1 amide bonds. The lowest BCUT2D eigenvalue weighted by molar-refractivity contribution is 0.0992. The molecule has 0 radical (unpaired) electrons. The summed E-state index contributed by atoms with van der Waals surface area (Å²) in [6, 6.07) is 16.5. The van der Waals surface area contributed by atoms with Gasteiger partial charge in [0, 0.05) is 0 Å². The van der Waals surface area contributed by atoms with Crippen molar-refractivity contribution in [1.29, 1.82) is 0 Å². The van der Waals surface area contributed by atoms with E-state index < -0.39 is 0 Å². The quantitative estimate of drug-likeness (QED) is 0.601. The molecule has 0 bridgehead atoms. The van der Waals surface area contributed by atoms with Crippen LogP contribution in [0.15, 0.2) is 63.5 Å². The van der Waals surface area contributed by atoms with Gasteiger partial charge in [-0.25, -0.2) is 0 Å². The first kappa shape index (κ1) is 18.1. The summed E-state index contributed by atoms with van der Waals surface area (Å²) >= 11 is 3.42. The number of halogens is 1. The molecule has 26 heavy (non-hydrogen) atoms. The molecule has 0 fully saturated rings. The number of carbonyl (C=O) groups is 1. The van der Waals surface area contributed by atoms with Crippen molar-refractivity contribution in [1.82, 2.24) is 0 Å². The molecule has 0 saturated heterocycles. The first-order valence-electron chi connectivity index (χ1n) is 7.99. The number of anilines is 1. The Hall–Kier alpha value is -2.73. The van der Waals surface area contributed by atoms with Crippen LogP contribution in [0.5, 0.6) is 11.5 Å². The first-order valence-corrected chi connectivity index (χ1v) is 8.78. The Balaban J connectivity index is 1.67. The lowest BCUT2D eigenvalue weighted by atomic mass is 10.2. The number of hydrogen-bond donors (Lipinski definition) is 1. The number of carbonyl (C=O) groups excluding carboxylic acids is 1. The van der Waals surface area contributed by atoms with Crippen LogP contribution in [0.25, 0.3) is 0 Å². The van der Waals surface area contributed by atoms with E-state index in [2.05, 4.69) is 21.2 Å². The second-order valence-corrected chi connectivity index (χ2v) is 6.50. The lowest BCUT2D eigenvalue weighted by Crippen LogP contribution is -2.12. The van der Waals surface area contributed by atoms with Crippen molar-refractivity contribution in [3.05, 3.63) is 76.2 Å². The number of nitrogens with one attached hydrogen (secondary N) is 1. The molecule has 0 aliphatic carbocycles. The van der Waals surface area contributed by atoms with Crippen molar-refractivity contribution in [3.63, 3.8) is 0 Å². The molecule has 2 aromatic carbocycles.